The van der Waals surface area contributed by atoms with Gasteiger partial charge in [0.2, 0.25) is 0 Å². The van der Waals surface area contributed by atoms with Gasteiger partial charge in [-0.3, -0.25) is 14.8 Å². The van der Waals surface area contributed by atoms with Gasteiger partial charge >= 0.3 is 0 Å². The Bertz CT molecular complexity index is 1070. The molecule has 1 aliphatic carbocycles. The number of aryl methyl sites for hydroxylation is 1. The summed E-state index contributed by atoms with van der Waals surface area (Å²) in [7, 11) is 0. The van der Waals surface area contributed by atoms with E-state index in [1.54, 1.807) is 6.20 Å². The molecule has 2 heterocycles. The number of carbonyl (C=O) groups excluding carboxylic acids is 1. The highest BCUT2D eigenvalue weighted by Gasteiger charge is 2.25. The maximum absolute atomic E-state index is 12.8. The van der Waals surface area contributed by atoms with Crippen molar-refractivity contribution < 1.29 is 9.90 Å². The minimum atomic E-state index is -0.463. The van der Waals surface area contributed by atoms with Crippen LogP contribution in [-0.4, -0.2) is 33.1 Å². The summed E-state index contributed by atoms with van der Waals surface area (Å²) >= 11 is 0. The van der Waals surface area contributed by atoms with Gasteiger partial charge in [-0.2, -0.15) is 0 Å². The zero-order valence-electron chi connectivity index (χ0n) is 18.6. The summed E-state index contributed by atoms with van der Waals surface area (Å²) in [6, 6.07) is 11.5. The first-order valence-electron chi connectivity index (χ1n) is 11.2. The number of pyridine rings is 2. The summed E-state index contributed by atoms with van der Waals surface area (Å²) in [5.41, 5.74) is 5.63. The average molecular weight is 431 g/mol. The van der Waals surface area contributed by atoms with Gasteiger partial charge in [0.15, 0.2) is 0 Å². The smallest absolute Gasteiger partial charge is 0.251 e. The zero-order chi connectivity index (χ0) is 22.5. The molecule has 1 aromatic carbocycles. The largest absolute Gasteiger partial charge is 0.391 e. The van der Waals surface area contributed by atoms with Gasteiger partial charge in [0.25, 0.3) is 5.91 Å². The predicted octanol–water partition coefficient (Wildman–Crippen LogP) is 4.66. The number of benzene rings is 1. The number of aromatic nitrogens is 2. The molecule has 1 saturated carbocycles. The first-order chi connectivity index (χ1) is 15.5. The van der Waals surface area contributed by atoms with Crippen LogP contribution in [0.5, 0.6) is 0 Å². The zero-order valence-corrected chi connectivity index (χ0v) is 18.6. The molecule has 3 aromatic rings. The lowest BCUT2D eigenvalue weighted by Crippen LogP contribution is -2.45. The summed E-state index contributed by atoms with van der Waals surface area (Å²) in [6.45, 7) is 4.10. The van der Waals surface area contributed by atoms with Crippen molar-refractivity contribution >= 4 is 11.6 Å². The second-order valence-electron chi connectivity index (χ2n) is 8.58. The van der Waals surface area contributed by atoms with Crippen LogP contribution >= 0.6 is 0 Å². The Kier molecular flexibility index (Phi) is 6.81. The number of hydrogen-bond donors (Lipinski definition) is 3. The van der Waals surface area contributed by atoms with Gasteiger partial charge in [-0.1, -0.05) is 25.0 Å². The monoisotopic (exact) mass is 430 g/mol. The second kappa shape index (κ2) is 9.92. The molecule has 1 amide bonds. The highest BCUT2D eigenvalue weighted by atomic mass is 16.3. The molecular formula is C26H30N4O2. The van der Waals surface area contributed by atoms with Crippen LogP contribution in [0, 0.1) is 6.92 Å². The average Bonchev–Trinajstić information content (AvgIpc) is 2.82. The fraction of sp³-hybridized carbons (Fsp3) is 0.346. The quantitative estimate of drug-likeness (QED) is 0.529. The maximum atomic E-state index is 12.8. The molecule has 6 heteroatoms. The van der Waals surface area contributed by atoms with Crippen LogP contribution in [0.25, 0.3) is 11.1 Å². The number of aliphatic hydroxyl groups is 1. The lowest BCUT2D eigenvalue weighted by atomic mass is 9.92. The molecule has 32 heavy (non-hydrogen) atoms. The SMILES string of the molecule is Cc1ccc(C(=O)N[C@H]2CCCC[C@@H]2O)cc1N[C@@H](C)c1cncc(-c2cccnc2)c1. The maximum Gasteiger partial charge on any atom is 0.251 e. The van der Waals surface area contributed by atoms with Crippen LogP contribution in [0.2, 0.25) is 0 Å². The van der Waals surface area contributed by atoms with Gasteiger partial charge < -0.3 is 15.7 Å². The summed E-state index contributed by atoms with van der Waals surface area (Å²) in [5.74, 6) is -0.146. The Balaban J connectivity index is 1.49. The first kappa shape index (κ1) is 22.0. The molecule has 0 spiro atoms. The van der Waals surface area contributed by atoms with E-state index in [0.717, 1.165) is 53.6 Å². The molecule has 3 atom stereocenters. The van der Waals surface area contributed by atoms with Crippen molar-refractivity contribution in [3.05, 3.63) is 77.9 Å². The Labute approximate surface area is 189 Å². The molecule has 0 radical (unpaired) electrons. The molecule has 0 aliphatic heterocycles. The number of hydrogen-bond acceptors (Lipinski definition) is 5. The van der Waals surface area contributed by atoms with Crippen molar-refractivity contribution in [2.45, 2.75) is 57.7 Å². The van der Waals surface area contributed by atoms with Gasteiger partial charge in [0.1, 0.15) is 0 Å². The van der Waals surface area contributed by atoms with E-state index in [-0.39, 0.29) is 18.0 Å². The third-order valence-electron chi connectivity index (χ3n) is 6.17. The van der Waals surface area contributed by atoms with E-state index >= 15 is 0 Å². The van der Waals surface area contributed by atoms with E-state index in [1.165, 1.54) is 0 Å². The van der Waals surface area contributed by atoms with Crippen molar-refractivity contribution in [1.29, 1.82) is 0 Å². The number of anilines is 1. The number of nitrogens with one attached hydrogen (secondary N) is 2. The van der Waals surface area contributed by atoms with Crippen molar-refractivity contribution in [2.24, 2.45) is 0 Å². The van der Waals surface area contributed by atoms with E-state index in [2.05, 4.69) is 33.6 Å². The lowest BCUT2D eigenvalue weighted by molar-refractivity contribution is 0.0717. The normalized spacial score (nSPS) is 19.2. The third kappa shape index (κ3) is 5.14. The number of carbonyl (C=O) groups is 1. The van der Waals surface area contributed by atoms with Crippen LogP contribution in [0.4, 0.5) is 5.69 Å². The van der Waals surface area contributed by atoms with Crippen LogP contribution < -0.4 is 10.6 Å². The highest BCUT2D eigenvalue weighted by Crippen LogP contribution is 2.26. The van der Waals surface area contributed by atoms with E-state index in [9.17, 15) is 9.90 Å². The molecule has 6 nitrogen and oxygen atoms in total. The number of rotatable bonds is 6. The van der Waals surface area contributed by atoms with Crippen molar-refractivity contribution in [2.75, 3.05) is 5.32 Å². The van der Waals surface area contributed by atoms with E-state index < -0.39 is 6.10 Å². The van der Waals surface area contributed by atoms with Crippen molar-refractivity contribution in [3.63, 3.8) is 0 Å². The summed E-state index contributed by atoms with van der Waals surface area (Å²) in [6.07, 6.45) is 10.4. The Hall–Kier alpha value is -3.25. The predicted molar refractivity (Wildman–Crippen MR) is 126 cm³/mol. The van der Waals surface area contributed by atoms with Crippen LogP contribution in [0.1, 0.15) is 60.1 Å². The molecule has 1 aliphatic rings. The van der Waals surface area contributed by atoms with E-state index in [0.29, 0.717) is 5.56 Å². The topological polar surface area (TPSA) is 87.1 Å². The molecule has 0 saturated heterocycles. The standard InChI is InChI=1S/C26H30N4O2/c1-17-9-10-19(26(32)30-23-7-3-4-8-25(23)31)13-24(17)29-18(2)21-12-22(16-28-15-21)20-6-5-11-27-14-20/h5-6,9-16,18,23,25,29,31H,3-4,7-8H2,1-2H3,(H,30,32)/t18-,23-,25-/m0/s1. The van der Waals surface area contributed by atoms with Gasteiger partial charge in [0.05, 0.1) is 18.2 Å². The summed E-state index contributed by atoms with van der Waals surface area (Å²) < 4.78 is 0. The van der Waals surface area contributed by atoms with Crippen LogP contribution in [0.15, 0.2) is 61.2 Å². The molecule has 3 N–H and O–H groups in total. The Morgan fingerprint density at radius 2 is 1.88 bits per heavy atom. The van der Waals surface area contributed by atoms with E-state index in [1.807, 2.05) is 55.8 Å². The van der Waals surface area contributed by atoms with Crippen LogP contribution in [-0.2, 0) is 0 Å². The summed E-state index contributed by atoms with van der Waals surface area (Å²) in [4.78, 5) is 21.4. The minimum absolute atomic E-state index is 0.00343. The molecule has 0 unspecified atom stereocenters. The lowest BCUT2D eigenvalue weighted by Gasteiger charge is -2.28. The Morgan fingerprint density at radius 1 is 1.06 bits per heavy atom. The molecule has 1 fully saturated rings. The van der Waals surface area contributed by atoms with Gasteiger partial charge in [-0.15, -0.1) is 0 Å². The van der Waals surface area contributed by atoms with Crippen molar-refractivity contribution in [1.82, 2.24) is 15.3 Å². The second-order valence-corrected chi connectivity index (χ2v) is 8.58. The fourth-order valence-corrected chi connectivity index (χ4v) is 4.15. The van der Waals surface area contributed by atoms with Crippen molar-refractivity contribution in [3.8, 4) is 11.1 Å². The fourth-order valence-electron chi connectivity index (χ4n) is 4.15. The van der Waals surface area contributed by atoms with Gasteiger partial charge in [-0.05, 0) is 62.1 Å². The Morgan fingerprint density at radius 3 is 2.66 bits per heavy atom. The third-order valence-corrected chi connectivity index (χ3v) is 6.17. The molecule has 4 rings (SSSR count). The highest BCUT2D eigenvalue weighted by molar-refractivity contribution is 5.95. The minimum Gasteiger partial charge on any atom is -0.391 e. The molecule has 166 valence electrons. The summed E-state index contributed by atoms with van der Waals surface area (Å²) in [5, 5.41) is 16.7. The van der Waals surface area contributed by atoms with Gasteiger partial charge in [0, 0.05) is 47.2 Å². The number of amides is 1. The van der Waals surface area contributed by atoms with Crippen LogP contribution in [0.3, 0.4) is 0 Å². The van der Waals surface area contributed by atoms with E-state index in [4.69, 9.17) is 0 Å². The first-order valence-corrected chi connectivity index (χ1v) is 11.2. The number of nitrogens with zero attached hydrogens (tertiary/aromatic N) is 2. The number of aliphatic hydroxyl groups excluding tert-OH is 1. The molecular weight excluding hydrogens is 400 g/mol. The molecule has 0 bridgehead atoms. The van der Waals surface area contributed by atoms with Gasteiger partial charge in [-0.25, -0.2) is 0 Å². The molecule has 2 aromatic heterocycles.